The molecule has 0 spiro atoms. The molecule has 2 atom stereocenters. The third-order valence-electron chi connectivity index (χ3n) is 3.84. The number of nitrogens with zero attached hydrogens (tertiary/aromatic N) is 2. The number of halogens is 1. The van der Waals surface area contributed by atoms with Crippen molar-refractivity contribution in [3.63, 3.8) is 0 Å². The molecule has 1 aliphatic rings. The van der Waals surface area contributed by atoms with Crippen LogP contribution in [0.1, 0.15) is 46.0 Å². The summed E-state index contributed by atoms with van der Waals surface area (Å²) in [5, 5.41) is 3.53. The SMILES string of the molecule is CCCOc1cc(NC2(CCl)CCCC(C)C2)ncn1. The van der Waals surface area contributed by atoms with E-state index in [1.807, 2.05) is 6.07 Å². The molecule has 5 heteroatoms. The molecule has 1 heterocycles. The van der Waals surface area contributed by atoms with Crippen LogP contribution in [0.3, 0.4) is 0 Å². The summed E-state index contributed by atoms with van der Waals surface area (Å²) < 4.78 is 5.55. The monoisotopic (exact) mass is 297 g/mol. The maximum absolute atomic E-state index is 6.24. The molecule has 0 radical (unpaired) electrons. The van der Waals surface area contributed by atoms with Gasteiger partial charge in [0, 0.05) is 11.9 Å². The fourth-order valence-electron chi connectivity index (χ4n) is 2.89. The third kappa shape index (κ3) is 3.98. The molecule has 0 aliphatic heterocycles. The van der Waals surface area contributed by atoms with Gasteiger partial charge >= 0.3 is 0 Å². The molecule has 1 saturated carbocycles. The molecular formula is C15H24ClN3O. The first-order chi connectivity index (χ1) is 9.67. The first-order valence-electron chi connectivity index (χ1n) is 7.46. The Bertz CT molecular complexity index is 429. The standard InChI is InChI=1S/C15H24ClN3O/c1-3-7-20-14-8-13(17-11-18-14)19-15(10-16)6-4-5-12(2)9-15/h8,11-12H,3-7,9-10H2,1-2H3,(H,17,18,19). The summed E-state index contributed by atoms with van der Waals surface area (Å²) in [6.07, 6.45) is 7.19. The van der Waals surface area contributed by atoms with Gasteiger partial charge in [-0.1, -0.05) is 26.7 Å². The van der Waals surface area contributed by atoms with Crippen LogP contribution in [0.15, 0.2) is 12.4 Å². The van der Waals surface area contributed by atoms with Gasteiger partial charge in [-0.15, -0.1) is 11.6 Å². The van der Waals surface area contributed by atoms with Gasteiger partial charge in [-0.2, -0.15) is 0 Å². The molecule has 0 aromatic carbocycles. The van der Waals surface area contributed by atoms with Gasteiger partial charge in [0.15, 0.2) is 0 Å². The lowest BCUT2D eigenvalue weighted by molar-refractivity contribution is 0.278. The molecule has 1 aromatic rings. The number of rotatable bonds is 6. The Morgan fingerprint density at radius 2 is 2.35 bits per heavy atom. The normalized spacial score (nSPS) is 26.2. The topological polar surface area (TPSA) is 47.0 Å². The Morgan fingerprint density at radius 3 is 3.05 bits per heavy atom. The van der Waals surface area contributed by atoms with E-state index >= 15 is 0 Å². The van der Waals surface area contributed by atoms with Crippen LogP contribution in [-0.4, -0.2) is 28.0 Å². The van der Waals surface area contributed by atoms with Crippen LogP contribution in [0.2, 0.25) is 0 Å². The van der Waals surface area contributed by atoms with Gasteiger partial charge in [0.05, 0.1) is 12.1 Å². The molecule has 112 valence electrons. The number of hydrogen-bond acceptors (Lipinski definition) is 4. The molecule has 1 fully saturated rings. The van der Waals surface area contributed by atoms with Gasteiger partial charge < -0.3 is 10.1 Å². The quantitative estimate of drug-likeness (QED) is 0.810. The van der Waals surface area contributed by atoms with Crippen LogP contribution in [-0.2, 0) is 0 Å². The maximum Gasteiger partial charge on any atom is 0.218 e. The highest BCUT2D eigenvalue weighted by Gasteiger charge is 2.34. The van der Waals surface area contributed by atoms with E-state index in [0.29, 0.717) is 24.3 Å². The van der Waals surface area contributed by atoms with E-state index in [1.165, 1.54) is 12.8 Å². The van der Waals surface area contributed by atoms with Gasteiger partial charge in [0.2, 0.25) is 5.88 Å². The molecule has 1 aromatic heterocycles. The van der Waals surface area contributed by atoms with E-state index in [9.17, 15) is 0 Å². The number of nitrogens with one attached hydrogen (secondary N) is 1. The smallest absolute Gasteiger partial charge is 0.218 e. The van der Waals surface area contributed by atoms with Crippen molar-refractivity contribution < 1.29 is 4.74 Å². The second-order valence-corrected chi connectivity index (χ2v) is 6.10. The molecule has 20 heavy (non-hydrogen) atoms. The summed E-state index contributed by atoms with van der Waals surface area (Å²) in [5.41, 5.74) is -0.0460. The third-order valence-corrected chi connectivity index (χ3v) is 4.35. The highest BCUT2D eigenvalue weighted by atomic mass is 35.5. The Morgan fingerprint density at radius 1 is 1.50 bits per heavy atom. The minimum Gasteiger partial charge on any atom is -0.478 e. The lowest BCUT2D eigenvalue weighted by Gasteiger charge is -2.39. The number of hydrogen-bond donors (Lipinski definition) is 1. The summed E-state index contributed by atoms with van der Waals surface area (Å²) >= 11 is 6.24. The number of aromatic nitrogens is 2. The van der Waals surface area contributed by atoms with Crippen molar-refractivity contribution in [2.45, 2.75) is 51.5 Å². The fourth-order valence-corrected chi connectivity index (χ4v) is 3.20. The zero-order chi connectivity index (χ0) is 14.4. The lowest BCUT2D eigenvalue weighted by Crippen LogP contribution is -2.44. The highest BCUT2D eigenvalue weighted by molar-refractivity contribution is 6.18. The van der Waals surface area contributed by atoms with E-state index in [-0.39, 0.29) is 5.54 Å². The van der Waals surface area contributed by atoms with Crippen molar-refractivity contribution in [1.29, 1.82) is 0 Å². The second kappa shape index (κ2) is 7.11. The van der Waals surface area contributed by atoms with Crippen molar-refractivity contribution in [1.82, 2.24) is 9.97 Å². The van der Waals surface area contributed by atoms with Crippen molar-refractivity contribution >= 4 is 17.4 Å². The summed E-state index contributed by atoms with van der Waals surface area (Å²) in [7, 11) is 0. The molecule has 2 unspecified atom stereocenters. The Balaban J connectivity index is 2.07. The molecule has 4 nitrogen and oxygen atoms in total. The first kappa shape index (κ1) is 15.4. The number of alkyl halides is 1. The van der Waals surface area contributed by atoms with E-state index in [1.54, 1.807) is 6.33 Å². The minimum absolute atomic E-state index is 0.0460. The summed E-state index contributed by atoms with van der Waals surface area (Å²) in [6, 6.07) is 1.86. The zero-order valence-corrected chi connectivity index (χ0v) is 13.1. The van der Waals surface area contributed by atoms with Gasteiger partial charge in [0.1, 0.15) is 12.1 Å². The Kier molecular flexibility index (Phi) is 5.46. The van der Waals surface area contributed by atoms with Crippen LogP contribution in [0.4, 0.5) is 5.82 Å². The predicted octanol–water partition coefficient (Wildman–Crippen LogP) is 3.87. The summed E-state index contributed by atoms with van der Waals surface area (Å²) in [5.74, 6) is 2.73. The molecular weight excluding hydrogens is 274 g/mol. The molecule has 0 bridgehead atoms. The first-order valence-corrected chi connectivity index (χ1v) is 8.00. The molecule has 1 aliphatic carbocycles. The molecule has 0 amide bonds. The van der Waals surface area contributed by atoms with Crippen molar-refractivity contribution in [3.8, 4) is 5.88 Å². The lowest BCUT2D eigenvalue weighted by atomic mass is 9.77. The zero-order valence-electron chi connectivity index (χ0n) is 12.4. The molecule has 2 rings (SSSR count). The number of anilines is 1. The largest absolute Gasteiger partial charge is 0.478 e. The second-order valence-electron chi connectivity index (χ2n) is 5.83. The van der Waals surface area contributed by atoms with Crippen molar-refractivity contribution in [3.05, 3.63) is 12.4 Å². The van der Waals surface area contributed by atoms with Crippen LogP contribution in [0.25, 0.3) is 0 Å². The van der Waals surface area contributed by atoms with E-state index < -0.39 is 0 Å². The number of ether oxygens (including phenoxy) is 1. The minimum atomic E-state index is -0.0460. The van der Waals surface area contributed by atoms with Crippen LogP contribution < -0.4 is 10.1 Å². The van der Waals surface area contributed by atoms with Gasteiger partial charge in [0.25, 0.3) is 0 Å². The predicted molar refractivity (Wildman–Crippen MR) is 82.5 cm³/mol. The highest BCUT2D eigenvalue weighted by Crippen LogP contribution is 2.35. The molecule has 0 saturated heterocycles. The van der Waals surface area contributed by atoms with Crippen LogP contribution in [0, 0.1) is 5.92 Å². The van der Waals surface area contributed by atoms with Gasteiger partial charge in [-0.3, -0.25) is 0 Å². The average molecular weight is 298 g/mol. The van der Waals surface area contributed by atoms with Crippen molar-refractivity contribution in [2.24, 2.45) is 5.92 Å². The van der Waals surface area contributed by atoms with Gasteiger partial charge in [-0.25, -0.2) is 9.97 Å². The van der Waals surface area contributed by atoms with E-state index in [2.05, 4.69) is 29.1 Å². The molecule has 1 N–H and O–H groups in total. The Hall–Kier alpha value is -1.03. The average Bonchev–Trinajstić information content (AvgIpc) is 2.45. The maximum atomic E-state index is 6.24. The van der Waals surface area contributed by atoms with E-state index in [0.717, 1.165) is 25.1 Å². The summed E-state index contributed by atoms with van der Waals surface area (Å²) in [4.78, 5) is 8.43. The van der Waals surface area contributed by atoms with Crippen LogP contribution >= 0.6 is 11.6 Å². The van der Waals surface area contributed by atoms with E-state index in [4.69, 9.17) is 16.3 Å². The van der Waals surface area contributed by atoms with Gasteiger partial charge in [-0.05, 0) is 25.2 Å². The van der Waals surface area contributed by atoms with Crippen LogP contribution in [0.5, 0.6) is 5.88 Å². The fraction of sp³-hybridized carbons (Fsp3) is 0.733. The summed E-state index contributed by atoms with van der Waals surface area (Å²) in [6.45, 7) is 5.04. The van der Waals surface area contributed by atoms with Crippen molar-refractivity contribution in [2.75, 3.05) is 17.8 Å². The Labute approximate surface area is 126 Å².